The minimum absolute atomic E-state index is 0.0444. The van der Waals surface area contributed by atoms with E-state index < -0.39 is 12.1 Å². The zero-order valence-electron chi connectivity index (χ0n) is 40.9. The molecule has 0 bridgehead atoms. The highest BCUT2D eigenvalue weighted by Gasteiger charge is 2.20. The number of hydrogen-bond acceptors (Lipinski definition) is 5. The quantitative estimate of drug-likeness (QED) is 0.0322. The van der Waals surface area contributed by atoms with Crippen molar-refractivity contribution in [1.82, 2.24) is 5.32 Å². The second-order valence-electron chi connectivity index (χ2n) is 18.6. The Kier molecular flexibility index (Phi) is 49.6. The summed E-state index contributed by atoms with van der Waals surface area (Å²) in [5.41, 5.74) is 0. The lowest BCUT2D eigenvalue weighted by Gasteiger charge is -2.22. The molecular formula is C55H105NO5. The maximum Gasteiger partial charge on any atom is 0.305 e. The predicted molar refractivity (Wildman–Crippen MR) is 264 cm³/mol. The van der Waals surface area contributed by atoms with Gasteiger partial charge in [0.2, 0.25) is 5.91 Å². The lowest BCUT2D eigenvalue weighted by Crippen LogP contribution is -2.45. The number of aliphatic hydroxyl groups excluding tert-OH is 2. The van der Waals surface area contributed by atoms with Crippen molar-refractivity contribution in [2.45, 2.75) is 302 Å². The summed E-state index contributed by atoms with van der Waals surface area (Å²) >= 11 is 0. The molecule has 0 aromatic rings. The number of esters is 1. The van der Waals surface area contributed by atoms with Gasteiger partial charge in [0.25, 0.3) is 0 Å². The minimum atomic E-state index is -0.687. The SMILES string of the molecule is CCCCCCC/C=C\CCCCCCCC(=O)OCCCC/C=C\CCCCCCC(=O)NC(CO)C(O)CCCCCCCCCCCCCCCCCCCCCC. The number of ether oxygens (including phenoxy) is 1. The van der Waals surface area contributed by atoms with Crippen molar-refractivity contribution in [3.05, 3.63) is 24.3 Å². The van der Waals surface area contributed by atoms with Crippen LogP contribution in [0.2, 0.25) is 0 Å². The van der Waals surface area contributed by atoms with Crippen LogP contribution in [0.4, 0.5) is 0 Å². The highest BCUT2D eigenvalue weighted by molar-refractivity contribution is 5.76. The van der Waals surface area contributed by atoms with Crippen molar-refractivity contribution in [3.8, 4) is 0 Å². The summed E-state index contributed by atoms with van der Waals surface area (Å²) in [6, 6.07) is -0.567. The van der Waals surface area contributed by atoms with Gasteiger partial charge in [-0.2, -0.15) is 0 Å². The van der Waals surface area contributed by atoms with Crippen molar-refractivity contribution in [2.24, 2.45) is 0 Å². The van der Waals surface area contributed by atoms with E-state index in [-0.39, 0.29) is 18.5 Å². The van der Waals surface area contributed by atoms with Crippen LogP contribution in [-0.2, 0) is 14.3 Å². The van der Waals surface area contributed by atoms with Crippen molar-refractivity contribution in [2.75, 3.05) is 13.2 Å². The van der Waals surface area contributed by atoms with Gasteiger partial charge in [0, 0.05) is 12.8 Å². The van der Waals surface area contributed by atoms with Crippen LogP contribution in [0.5, 0.6) is 0 Å². The number of nitrogens with one attached hydrogen (secondary N) is 1. The van der Waals surface area contributed by atoms with Crippen LogP contribution in [0.3, 0.4) is 0 Å². The van der Waals surface area contributed by atoms with Crippen LogP contribution >= 0.6 is 0 Å². The summed E-state index contributed by atoms with van der Waals surface area (Å²) < 4.78 is 5.43. The summed E-state index contributed by atoms with van der Waals surface area (Å²) in [5, 5.41) is 23.3. The molecule has 6 nitrogen and oxygen atoms in total. The average molecular weight is 860 g/mol. The first-order valence-corrected chi connectivity index (χ1v) is 27.1. The molecule has 0 fully saturated rings. The van der Waals surface area contributed by atoms with Crippen LogP contribution in [0.1, 0.15) is 290 Å². The molecule has 0 heterocycles. The molecule has 2 atom stereocenters. The molecule has 1 amide bonds. The van der Waals surface area contributed by atoms with Gasteiger partial charge in [-0.1, -0.05) is 224 Å². The fourth-order valence-electron chi connectivity index (χ4n) is 8.28. The van der Waals surface area contributed by atoms with Gasteiger partial charge < -0.3 is 20.3 Å². The molecule has 360 valence electrons. The molecule has 6 heteroatoms. The molecule has 0 aromatic carbocycles. The molecule has 2 unspecified atom stereocenters. The Morgan fingerprint density at radius 3 is 1.16 bits per heavy atom. The van der Waals surface area contributed by atoms with Crippen molar-refractivity contribution in [1.29, 1.82) is 0 Å². The fourth-order valence-corrected chi connectivity index (χ4v) is 8.28. The maximum atomic E-state index is 12.5. The molecule has 0 aliphatic heterocycles. The summed E-state index contributed by atoms with van der Waals surface area (Å²) in [6.45, 7) is 4.86. The molecule has 0 rings (SSSR count). The first kappa shape index (κ1) is 59.3. The number of aliphatic hydroxyl groups is 2. The van der Waals surface area contributed by atoms with E-state index in [4.69, 9.17) is 4.74 Å². The summed E-state index contributed by atoms with van der Waals surface area (Å²) in [7, 11) is 0. The van der Waals surface area contributed by atoms with Gasteiger partial charge in [-0.25, -0.2) is 0 Å². The van der Waals surface area contributed by atoms with E-state index >= 15 is 0 Å². The highest BCUT2D eigenvalue weighted by atomic mass is 16.5. The predicted octanol–water partition coefficient (Wildman–Crippen LogP) is 16.3. The number of unbranched alkanes of at least 4 members (excludes halogenated alkanes) is 35. The summed E-state index contributed by atoms with van der Waals surface area (Å²) in [4.78, 5) is 24.5. The third kappa shape index (κ3) is 47.7. The van der Waals surface area contributed by atoms with Crippen molar-refractivity contribution >= 4 is 11.9 Å². The molecule has 61 heavy (non-hydrogen) atoms. The zero-order valence-corrected chi connectivity index (χ0v) is 40.9. The number of allylic oxidation sites excluding steroid dienone is 4. The number of hydrogen-bond donors (Lipinski definition) is 3. The number of carbonyl (C=O) groups is 2. The lowest BCUT2D eigenvalue weighted by molar-refractivity contribution is -0.143. The zero-order chi connectivity index (χ0) is 44.4. The van der Waals surface area contributed by atoms with Gasteiger partial charge in [-0.15, -0.1) is 0 Å². The van der Waals surface area contributed by atoms with Crippen LogP contribution < -0.4 is 5.32 Å². The van der Waals surface area contributed by atoms with Crippen LogP contribution in [-0.4, -0.2) is 47.4 Å². The Morgan fingerprint density at radius 1 is 0.443 bits per heavy atom. The van der Waals surface area contributed by atoms with E-state index in [9.17, 15) is 19.8 Å². The minimum Gasteiger partial charge on any atom is -0.466 e. The van der Waals surface area contributed by atoms with Gasteiger partial charge in [0.1, 0.15) is 0 Å². The maximum absolute atomic E-state index is 12.5. The molecule has 0 aliphatic rings. The molecule has 0 radical (unpaired) electrons. The standard InChI is InChI=1S/C55H105NO5/c1-3-5-7-9-11-13-15-17-19-20-21-22-23-24-25-27-31-35-39-43-47-53(58)52(51-57)56-54(59)48-44-40-36-32-29-30-34-38-42-46-50-61-55(60)49-45-41-37-33-28-26-18-16-14-12-10-8-6-4-2/h16,18,30,34,52-53,57-58H,3-15,17,19-29,31-33,35-51H2,1-2H3,(H,56,59)/b18-16-,34-30-. The molecule has 0 saturated carbocycles. The first-order chi connectivity index (χ1) is 30.0. The van der Waals surface area contributed by atoms with E-state index in [0.29, 0.717) is 25.9 Å². The molecule has 3 N–H and O–H groups in total. The monoisotopic (exact) mass is 860 g/mol. The average Bonchev–Trinajstić information content (AvgIpc) is 3.26. The molecular weight excluding hydrogens is 755 g/mol. The van der Waals surface area contributed by atoms with Gasteiger partial charge in [-0.05, 0) is 77.0 Å². The first-order valence-electron chi connectivity index (χ1n) is 27.1. The number of carbonyl (C=O) groups excluding carboxylic acids is 2. The summed E-state index contributed by atoms with van der Waals surface area (Å²) in [6.07, 6.45) is 60.1. The molecule has 0 spiro atoms. The molecule has 0 aromatic heterocycles. The van der Waals surface area contributed by atoms with Gasteiger partial charge >= 0.3 is 5.97 Å². The smallest absolute Gasteiger partial charge is 0.305 e. The van der Waals surface area contributed by atoms with Gasteiger partial charge in [0.05, 0.1) is 25.4 Å². The number of rotatable bonds is 50. The molecule has 0 saturated heterocycles. The van der Waals surface area contributed by atoms with E-state index in [1.165, 1.54) is 180 Å². The van der Waals surface area contributed by atoms with Crippen LogP contribution in [0.25, 0.3) is 0 Å². The Morgan fingerprint density at radius 2 is 0.770 bits per heavy atom. The van der Waals surface area contributed by atoms with E-state index in [2.05, 4.69) is 43.5 Å². The van der Waals surface area contributed by atoms with Gasteiger partial charge in [-0.3, -0.25) is 9.59 Å². The van der Waals surface area contributed by atoms with Gasteiger partial charge in [0.15, 0.2) is 0 Å². The topological polar surface area (TPSA) is 95.9 Å². The Balaban J connectivity index is 3.52. The van der Waals surface area contributed by atoms with E-state index in [1.807, 2.05) is 0 Å². The van der Waals surface area contributed by atoms with Crippen LogP contribution in [0, 0.1) is 0 Å². The second kappa shape index (κ2) is 51.0. The molecule has 0 aliphatic carbocycles. The third-order valence-electron chi connectivity index (χ3n) is 12.5. The lowest BCUT2D eigenvalue weighted by atomic mass is 10.0. The largest absolute Gasteiger partial charge is 0.466 e. The normalized spacial score (nSPS) is 12.8. The van der Waals surface area contributed by atoms with E-state index in [0.717, 1.165) is 77.0 Å². The van der Waals surface area contributed by atoms with Crippen LogP contribution in [0.15, 0.2) is 24.3 Å². The van der Waals surface area contributed by atoms with E-state index in [1.54, 1.807) is 0 Å². The summed E-state index contributed by atoms with van der Waals surface area (Å²) in [5.74, 6) is -0.114. The Labute approximate surface area is 380 Å². The van der Waals surface area contributed by atoms with Crippen molar-refractivity contribution < 1.29 is 24.5 Å². The van der Waals surface area contributed by atoms with Crippen molar-refractivity contribution in [3.63, 3.8) is 0 Å². The Bertz CT molecular complexity index is 951. The number of amides is 1. The third-order valence-corrected chi connectivity index (χ3v) is 12.5. The fraction of sp³-hybridized carbons (Fsp3) is 0.891. The Hall–Kier alpha value is -1.66. The highest BCUT2D eigenvalue weighted by Crippen LogP contribution is 2.17. The second-order valence-corrected chi connectivity index (χ2v) is 18.6.